The molecule has 2 atom stereocenters. The van der Waals surface area contributed by atoms with Gasteiger partial charge < -0.3 is 0 Å². The minimum atomic E-state index is -1.83. The van der Waals surface area contributed by atoms with E-state index in [-0.39, 0.29) is 0 Å². The highest BCUT2D eigenvalue weighted by atomic mass is 28.3. The standard InChI is InChI=1S/C32H30Si/c1-21-20-24-13-6-8-16-26(24)31(21)33(3,4)32-22(2)30(28-17-9-10-18-29(28)32)27-19-11-14-23-12-5-7-15-25(23)27/h5-20,31-32H,1-4H3. The Balaban J connectivity index is 1.58. The van der Waals surface area contributed by atoms with Crippen molar-refractivity contribution in [3.63, 3.8) is 0 Å². The zero-order valence-corrected chi connectivity index (χ0v) is 20.9. The van der Waals surface area contributed by atoms with Crippen LogP contribution >= 0.6 is 0 Å². The van der Waals surface area contributed by atoms with E-state index in [1.54, 1.807) is 5.57 Å². The number of hydrogen-bond donors (Lipinski definition) is 0. The lowest BCUT2D eigenvalue weighted by Crippen LogP contribution is -2.42. The van der Waals surface area contributed by atoms with Gasteiger partial charge in [-0.25, -0.2) is 0 Å². The molecule has 0 nitrogen and oxygen atoms in total. The lowest BCUT2D eigenvalue weighted by molar-refractivity contribution is 0.967. The van der Waals surface area contributed by atoms with Gasteiger partial charge in [-0.3, -0.25) is 0 Å². The molecule has 0 bridgehead atoms. The average Bonchev–Trinajstić information content (AvgIpc) is 3.32. The molecule has 4 aromatic carbocycles. The largest absolute Gasteiger partial charge is 0.0722 e. The van der Waals surface area contributed by atoms with Crippen molar-refractivity contribution in [3.8, 4) is 0 Å². The molecule has 6 rings (SSSR count). The third kappa shape index (κ3) is 2.95. The smallest absolute Gasteiger partial charge is 0.0679 e. The SMILES string of the molecule is CC1=Cc2ccccc2C1[Si](C)(C)C1C(C)=C(c2cccc3ccccc23)c2ccccc21. The van der Waals surface area contributed by atoms with Crippen molar-refractivity contribution in [1.82, 2.24) is 0 Å². The first kappa shape index (κ1) is 20.4. The second-order valence-corrected chi connectivity index (χ2v) is 15.2. The monoisotopic (exact) mass is 442 g/mol. The third-order valence-corrected chi connectivity index (χ3v) is 12.5. The zero-order chi connectivity index (χ0) is 22.7. The fourth-order valence-electron chi connectivity index (χ4n) is 6.96. The van der Waals surface area contributed by atoms with Crippen LogP contribution in [0.2, 0.25) is 13.1 Å². The lowest BCUT2D eigenvalue weighted by atomic mass is 9.93. The van der Waals surface area contributed by atoms with E-state index >= 15 is 0 Å². The van der Waals surface area contributed by atoms with Gasteiger partial charge >= 0.3 is 0 Å². The number of rotatable bonds is 3. The van der Waals surface area contributed by atoms with Gasteiger partial charge in [-0.15, -0.1) is 0 Å². The Labute approximate surface area is 198 Å². The van der Waals surface area contributed by atoms with Crippen molar-refractivity contribution in [2.24, 2.45) is 0 Å². The van der Waals surface area contributed by atoms with Gasteiger partial charge in [-0.1, -0.05) is 121 Å². The zero-order valence-electron chi connectivity index (χ0n) is 19.9. The van der Waals surface area contributed by atoms with Crippen molar-refractivity contribution in [3.05, 3.63) is 130 Å². The van der Waals surface area contributed by atoms with Crippen LogP contribution in [-0.4, -0.2) is 8.07 Å². The van der Waals surface area contributed by atoms with Crippen LogP contribution in [0.25, 0.3) is 22.4 Å². The summed E-state index contributed by atoms with van der Waals surface area (Å²) in [5, 5.41) is 2.67. The Morgan fingerprint density at radius 3 is 2.09 bits per heavy atom. The first-order chi connectivity index (χ1) is 16.0. The third-order valence-electron chi connectivity index (χ3n) is 8.06. The Morgan fingerprint density at radius 1 is 0.606 bits per heavy atom. The summed E-state index contributed by atoms with van der Waals surface area (Å²) in [6.07, 6.45) is 2.43. The molecule has 33 heavy (non-hydrogen) atoms. The normalized spacial score (nSPS) is 19.6. The number of fused-ring (bicyclic) bond motifs is 3. The molecule has 0 spiro atoms. The molecule has 4 aromatic rings. The van der Waals surface area contributed by atoms with Crippen molar-refractivity contribution in [2.45, 2.75) is 38.0 Å². The maximum Gasteiger partial charge on any atom is 0.0722 e. The molecular formula is C32H30Si. The van der Waals surface area contributed by atoms with E-state index in [9.17, 15) is 0 Å². The van der Waals surface area contributed by atoms with Crippen LogP contribution in [0, 0.1) is 0 Å². The maximum absolute atomic E-state index is 2.62. The summed E-state index contributed by atoms with van der Waals surface area (Å²) in [6.45, 7) is 10.0. The molecule has 0 radical (unpaired) electrons. The fourth-order valence-corrected chi connectivity index (χ4v) is 11.9. The topological polar surface area (TPSA) is 0 Å². The number of hydrogen-bond acceptors (Lipinski definition) is 0. The minimum Gasteiger partial charge on any atom is -0.0679 e. The van der Waals surface area contributed by atoms with Gasteiger partial charge in [0.2, 0.25) is 0 Å². The summed E-state index contributed by atoms with van der Waals surface area (Å²) in [4.78, 5) is 0. The van der Waals surface area contributed by atoms with E-state index in [0.717, 1.165) is 0 Å². The van der Waals surface area contributed by atoms with Gasteiger partial charge in [0.1, 0.15) is 0 Å². The van der Waals surface area contributed by atoms with Gasteiger partial charge in [0.25, 0.3) is 0 Å². The summed E-state index contributed by atoms with van der Waals surface area (Å²) >= 11 is 0. The maximum atomic E-state index is 2.62. The van der Waals surface area contributed by atoms with Crippen molar-refractivity contribution >= 4 is 30.5 Å². The summed E-state index contributed by atoms with van der Waals surface area (Å²) in [5.74, 6) is 0. The van der Waals surface area contributed by atoms with E-state index in [0.29, 0.717) is 11.1 Å². The molecular weight excluding hydrogens is 412 g/mol. The van der Waals surface area contributed by atoms with Gasteiger partial charge in [0, 0.05) is 11.1 Å². The molecule has 0 aliphatic heterocycles. The van der Waals surface area contributed by atoms with Crippen LogP contribution in [0.4, 0.5) is 0 Å². The molecule has 1 heteroatoms. The minimum absolute atomic E-state index is 0.502. The summed E-state index contributed by atoms with van der Waals surface area (Å²) < 4.78 is 0. The first-order valence-corrected chi connectivity index (χ1v) is 15.2. The molecule has 0 fully saturated rings. The quantitative estimate of drug-likeness (QED) is 0.278. The highest BCUT2D eigenvalue weighted by Crippen LogP contribution is 2.55. The molecule has 2 aliphatic rings. The Kier molecular flexibility index (Phi) is 4.60. The summed E-state index contributed by atoms with van der Waals surface area (Å²) in [7, 11) is -1.83. The van der Waals surface area contributed by atoms with E-state index < -0.39 is 8.07 Å². The average molecular weight is 443 g/mol. The summed E-state index contributed by atoms with van der Waals surface area (Å²) in [5.41, 5.74) is 12.9. The molecule has 162 valence electrons. The molecule has 2 aliphatic carbocycles. The van der Waals surface area contributed by atoms with Crippen molar-refractivity contribution < 1.29 is 0 Å². The van der Waals surface area contributed by atoms with Gasteiger partial charge in [0.05, 0.1) is 8.07 Å². The summed E-state index contributed by atoms with van der Waals surface area (Å²) in [6, 6.07) is 33.8. The van der Waals surface area contributed by atoms with Crippen LogP contribution < -0.4 is 0 Å². The molecule has 0 heterocycles. The highest BCUT2D eigenvalue weighted by Gasteiger charge is 2.48. The molecule has 0 amide bonds. The molecule has 2 unspecified atom stereocenters. The van der Waals surface area contributed by atoms with Gasteiger partial charge in [-0.05, 0) is 58.0 Å². The van der Waals surface area contributed by atoms with Crippen LogP contribution in [0.15, 0.2) is 102 Å². The fraction of sp³-hybridized carbons (Fsp3) is 0.188. The Hall–Kier alpha value is -3.16. The second kappa shape index (κ2) is 7.43. The molecule has 0 saturated carbocycles. The van der Waals surface area contributed by atoms with Crippen molar-refractivity contribution in [2.75, 3.05) is 0 Å². The van der Waals surface area contributed by atoms with E-state index in [2.05, 4.69) is 124 Å². The Bertz CT molecular complexity index is 1460. The Morgan fingerprint density at radius 2 is 1.24 bits per heavy atom. The molecule has 0 N–H and O–H groups in total. The van der Waals surface area contributed by atoms with Gasteiger partial charge in [-0.2, -0.15) is 0 Å². The van der Waals surface area contributed by atoms with Gasteiger partial charge in [0.15, 0.2) is 0 Å². The molecule has 0 saturated heterocycles. The highest BCUT2D eigenvalue weighted by molar-refractivity contribution is 6.81. The van der Waals surface area contributed by atoms with Crippen LogP contribution in [0.1, 0.15) is 52.7 Å². The van der Waals surface area contributed by atoms with Crippen LogP contribution in [0.5, 0.6) is 0 Å². The number of allylic oxidation sites excluding steroid dienone is 2. The predicted octanol–water partition coefficient (Wildman–Crippen LogP) is 8.75. The predicted molar refractivity (Wildman–Crippen MR) is 145 cm³/mol. The molecule has 0 aromatic heterocycles. The van der Waals surface area contributed by atoms with E-state index in [1.807, 2.05) is 0 Å². The van der Waals surface area contributed by atoms with E-state index in [1.165, 1.54) is 49.7 Å². The van der Waals surface area contributed by atoms with E-state index in [4.69, 9.17) is 0 Å². The van der Waals surface area contributed by atoms with Crippen LogP contribution in [0.3, 0.4) is 0 Å². The van der Waals surface area contributed by atoms with Crippen LogP contribution in [-0.2, 0) is 0 Å². The second-order valence-electron chi connectivity index (χ2n) is 10.4. The first-order valence-electron chi connectivity index (χ1n) is 12.0. The lowest BCUT2D eigenvalue weighted by Gasteiger charge is -2.39. The van der Waals surface area contributed by atoms with Crippen molar-refractivity contribution in [1.29, 1.82) is 0 Å². The number of benzene rings is 4.